The van der Waals surface area contributed by atoms with Gasteiger partial charge in [-0.05, 0) is 18.9 Å². The number of nitrogens with one attached hydrogen (secondary N) is 3. The van der Waals surface area contributed by atoms with Crippen molar-refractivity contribution in [3.05, 3.63) is 33.2 Å². The van der Waals surface area contributed by atoms with Crippen LogP contribution in [0.25, 0.3) is 11.7 Å². The highest BCUT2D eigenvalue weighted by Gasteiger charge is 2.20. The van der Waals surface area contributed by atoms with E-state index in [4.69, 9.17) is 5.26 Å². The fraction of sp³-hybridized carbons (Fsp3) is 0.333. The van der Waals surface area contributed by atoms with Crippen molar-refractivity contribution in [2.45, 2.75) is 25.3 Å². The van der Waals surface area contributed by atoms with Crippen LogP contribution >= 0.6 is 0 Å². The highest BCUT2D eigenvalue weighted by Crippen LogP contribution is 2.22. The predicted octanol–water partition coefficient (Wildman–Crippen LogP) is -1.22. The average Bonchev–Trinajstić information content (AvgIpc) is 3.24. The summed E-state index contributed by atoms with van der Waals surface area (Å²) in [4.78, 5) is 29.4. The van der Waals surface area contributed by atoms with E-state index in [0.29, 0.717) is 35.4 Å². The quantitative estimate of drug-likeness (QED) is 0.418. The van der Waals surface area contributed by atoms with Gasteiger partial charge in [0.1, 0.15) is 5.69 Å². The van der Waals surface area contributed by atoms with Gasteiger partial charge >= 0.3 is 5.69 Å². The number of imidazole rings is 1. The van der Waals surface area contributed by atoms with Gasteiger partial charge in [0.25, 0.3) is 5.62 Å². The molecule has 1 aliphatic carbocycles. The zero-order valence-electron chi connectivity index (χ0n) is 13.6. The molecule has 0 unspecified atom stereocenters. The molecule has 0 atom stereocenters. The molecule has 0 spiro atoms. The average molecular weight is 353 g/mol. The van der Waals surface area contributed by atoms with Gasteiger partial charge in [-0.25, -0.2) is 9.79 Å². The van der Waals surface area contributed by atoms with Crippen LogP contribution in [-0.2, 0) is 0 Å². The molecule has 3 aromatic rings. The molecular weight excluding hydrogens is 338 g/mol. The van der Waals surface area contributed by atoms with Gasteiger partial charge in [-0.15, -0.1) is 0 Å². The lowest BCUT2D eigenvalue weighted by atomic mass is 10.3. The van der Waals surface area contributed by atoms with Gasteiger partial charge in [-0.3, -0.25) is 4.98 Å². The van der Waals surface area contributed by atoms with Gasteiger partial charge in [-0.2, -0.15) is 24.8 Å². The predicted molar refractivity (Wildman–Crippen MR) is 89.9 cm³/mol. The number of hydrogen-bond donors (Lipinski definition) is 4. The number of aromatic amines is 2. The summed E-state index contributed by atoms with van der Waals surface area (Å²) in [6.45, 7) is 0.411. The monoisotopic (exact) mass is 353 g/mol. The second-order valence-electron chi connectivity index (χ2n) is 5.86. The molecule has 0 saturated heterocycles. The maximum absolute atomic E-state index is 11.3. The highest BCUT2D eigenvalue weighted by molar-refractivity contribution is 5.57. The van der Waals surface area contributed by atoms with E-state index in [-0.39, 0.29) is 17.6 Å². The maximum Gasteiger partial charge on any atom is 0.326 e. The molecule has 0 aliphatic heterocycles. The molecule has 0 bridgehead atoms. The highest BCUT2D eigenvalue weighted by atomic mass is 16.3. The number of aromatic hydroxyl groups is 1. The van der Waals surface area contributed by atoms with Gasteiger partial charge < -0.3 is 15.4 Å². The van der Waals surface area contributed by atoms with E-state index in [1.54, 1.807) is 12.3 Å². The van der Waals surface area contributed by atoms with E-state index in [1.165, 1.54) is 4.52 Å². The first-order valence-corrected chi connectivity index (χ1v) is 8.07. The summed E-state index contributed by atoms with van der Waals surface area (Å²) < 4.78 is 1.52. The Kier molecular flexibility index (Phi) is 3.85. The smallest absolute Gasteiger partial charge is 0.326 e. The summed E-state index contributed by atoms with van der Waals surface area (Å²) in [6.07, 6.45) is 5.46. The second-order valence-corrected chi connectivity index (χ2v) is 5.86. The third-order valence-corrected chi connectivity index (χ3v) is 3.78. The number of rotatable bonds is 5. The minimum Gasteiger partial charge on any atom is -0.493 e. The van der Waals surface area contributed by atoms with Crippen LogP contribution in [0, 0.1) is 11.3 Å². The Bertz CT molecular complexity index is 1180. The lowest BCUT2D eigenvalue weighted by Gasteiger charge is -2.02. The summed E-state index contributed by atoms with van der Waals surface area (Å²) in [5.74, 6) is 0.0766. The molecule has 4 N–H and O–H groups in total. The zero-order chi connectivity index (χ0) is 18.1. The van der Waals surface area contributed by atoms with Gasteiger partial charge in [-0.1, -0.05) is 0 Å². The summed E-state index contributed by atoms with van der Waals surface area (Å²) in [5.41, 5.74) is 0.606. The van der Waals surface area contributed by atoms with Crippen molar-refractivity contribution in [3.63, 3.8) is 0 Å². The van der Waals surface area contributed by atoms with Gasteiger partial charge in [0.2, 0.25) is 11.8 Å². The lowest BCUT2D eigenvalue weighted by molar-refractivity contribution is 0.454. The molecule has 1 fully saturated rings. The van der Waals surface area contributed by atoms with Crippen molar-refractivity contribution < 1.29 is 5.11 Å². The standard InChI is InChI=1S/C15H15N9O2/c16-4-1-5-17-13-21-11-8(6-10-12(25)22-15(26)20-10)7-18-24(11)14(23-13)19-9-2-3-9/h6-7,9,25H,1-3,5H2,(H,17,19,23)(H2,20,22,26)/b8-6+. The molecule has 0 amide bonds. The number of hydrogen-bond acceptors (Lipinski definition) is 8. The molecule has 3 heterocycles. The molecule has 1 saturated carbocycles. The van der Waals surface area contributed by atoms with Crippen molar-refractivity contribution in [2.24, 2.45) is 4.99 Å². The van der Waals surface area contributed by atoms with Gasteiger partial charge in [0, 0.05) is 11.8 Å². The molecule has 1 aliphatic rings. The van der Waals surface area contributed by atoms with E-state index in [9.17, 15) is 9.90 Å². The SMILES string of the molecule is N#CCCNc1nc(=NC2CC2)n2nc/c(=C\c3[nH]c(=O)[nH]c3O)c2n1. The molecule has 26 heavy (non-hydrogen) atoms. The van der Waals surface area contributed by atoms with Crippen LogP contribution in [-0.4, -0.2) is 47.2 Å². The van der Waals surface area contributed by atoms with E-state index in [2.05, 4.69) is 35.3 Å². The number of nitriles is 1. The Labute approximate surface area is 145 Å². The minimum absolute atomic E-state index is 0.225. The molecule has 4 rings (SSSR count). The van der Waals surface area contributed by atoms with E-state index in [1.807, 2.05) is 6.07 Å². The first-order chi connectivity index (χ1) is 12.6. The fourth-order valence-corrected chi connectivity index (χ4v) is 2.39. The topological polar surface area (TPSA) is 160 Å². The van der Waals surface area contributed by atoms with Crippen LogP contribution in [0.5, 0.6) is 5.88 Å². The third kappa shape index (κ3) is 3.12. The van der Waals surface area contributed by atoms with Crippen molar-refractivity contribution in [2.75, 3.05) is 11.9 Å². The fourth-order valence-electron chi connectivity index (χ4n) is 2.39. The van der Waals surface area contributed by atoms with Crippen LogP contribution in [0.2, 0.25) is 0 Å². The molecule has 11 nitrogen and oxygen atoms in total. The molecule has 132 valence electrons. The summed E-state index contributed by atoms with van der Waals surface area (Å²) in [6, 6.07) is 2.29. The molecule has 11 heteroatoms. The Morgan fingerprint density at radius 3 is 3.00 bits per heavy atom. The third-order valence-electron chi connectivity index (χ3n) is 3.78. The molecule has 3 aromatic heterocycles. The maximum atomic E-state index is 11.3. The number of aromatic nitrogens is 6. The second kappa shape index (κ2) is 6.32. The van der Waals surface area contributed by atoms with Crippen LogP contribution in [0.3, 0.4) is 0 Å². The largest absolute Gasteiger partial charge is 0.493 e. The van der Waals surface area contributed by atoms with Crippen molar-refractivity contribution in [1.29, 1.82) is 5.26 Å². The number of anilines is 1. The number of H-pyrrole nitrogens is 2. The Morgan fingerprint density at radius 2 is 2.31 bits per heavy atom. The van der Waals surface area contributed by atoms with Gasteiger partial charge in [0.15, 0.2) is 5.65 Å². The normalized spacial score (nSPS) is 15.5. The van der Waals surface area contributed by atoms with Crippen LogP contribution in [0.15, 0.2) is 16.0 Å². The van der Waals surface area contributed by atoms with Crippen LogP contribution < -0.4 is 21.8 Å². The summed E-state index contributed by atoms with van der Waals surface area (Å²) in [5, 5.41) is 26.3. The Hall–Kier alpha value is -3.68. The summed E-state index contributed by atoms with van der Waals surface area (Å²) in [7, 11) is 0. The van der Waals surface area contributed by atoms with E-state index < -0.39 is 5.69 Å². The first-order valence-electron chi connectivity index (χ1n) is 8.07. The zero-order valence-corrected chi connectivity index (χ0v) is 13.6. The van der Waals surface area contributed by atoms with Gasteiger partial charge in [0.05, 0.1) is 24.7 Å². The Balaban J connectivity index is 1.87. The molecular formula is C15H15N9O2. The van der Waals surface area contributed by atoms with Crippen molar-refractivity contribution in [3.8, 4) is 11.9 Å². The van der Waals surface area contributed by atoms with E-state index >= 15 is 0 Å². The molecule has 0 radical (unpaired) electrons. The number of nitrogens with zero attached hydrogens (tertiary/aromatic N) is 6. The van der Waals surface area contributed by atoms with Crippen molar-refractivity contribution >= 4 is 17.7 Å². The minimum atomic E-state index is -0.511. The van der Waals surface area contributed by atoms with Crippen LogP contribution in [0.4, 0.5) is 5.95 Å². The first kappa shape index (κ1) is 15.8. The Morgan fingerprint density at radius 1 is 1.46 bits per heavy atom. The van der Waals surface area contributed by atoms with Crippen molar-refractivity contribution in [1.82, 2.24) is 29.5 Å². The summed E-state index contributed by atoms with van der Waals surface area (Å²) >= 11 is 0. The number of fused-ring (bicyclic) bond motifs is 1. The van der Waals surface area contributed by atoms with Crippen LogP contribution in [0.1, 0.15) is 25.0 Å². The lowest BCUT2D eigenvalue weighted by Crippen LogP contribution is -2.25. The van der Waals surface area contributed by atoms with E-state index in [0.717, 1.165) is 12.8 Å². The molecule has 0 aromatic carbocycles.